The lowest BCUT2D eigenvalue weighted by atomic mass is 9.99. The first-order chi connectivity index (χ1) is 16.9. The standard InChI is InChI=1S/C26H30N4O4S/c1-16-14-30(17(2)15-31)26(33)20-5-4-6-21(23(20)34-22(16)13-27-3)29-24(32)18-7-9-19(10-8-18)25-28-11-12-35-25/h4-12,16-17,22,27,31H,13-15H2,1-3H3,(H,29,32)/t16-,17+,22+/m1/s1. The average Bonchev–Trinajstić information content (AvgIpc) is 3.41. The molecule has 3 N–H and O–H groups in total. The first kappa shape index (κ1) is 24.8. The molecule has 1 aromatic heterocycles. The Bertz CT molecular complexity index is 1170. The number of rotatable bonds is 7. The molecule has 2 aromatic carbocycles. The van der Waals surface area contributed by atoms with Crippen molar-refractivity contribution in [1.82, 2.24) is 15.2 Å². The van der Waals surface area contributed by atoms with E-state index in [-0.39, 0.29) is 36.5 Å². The zero-order chi connectivity index (χ0) is 24.9. The summed E-state index contributed by atoms with van der Waals surface area (Å²) < 4.78 is 6.36. The normalized spacial score (nSPS) is 18.7. The van der Waals surface area contributed by atoms with Gasteiger partial charge in [0.05, 0.1) is 23.9 Å². The Balaban J connectivity index is 1.65. The third-order valence-corrected chi connectivity index (χ3v) is 6.99. The number of para-hydroxylation sites is 1. The van der Waals surface area contributed by atoms with Crippen LogP contribution in [0.4, 0.5) is 5.69 Å². The predicted octanol–water partition coefficient (Wildman–Crippen LogP) is 3.50. The molecule has 184 valence electrons. The molecule has 2 amide bonds. The Morgan fingerprint density at radius 3 is 2.71 bits per heavy atom. The number of ether oxygens (including phenoxy) is 1. The molecule has 3 aromatic rings. The fourth-order valence-electron chi connectivity index (χ4n) is 4.11. The molecule has 1 aliphatic rings. The second-order valence-corrected chi connectivity index (χ2v) is 9.63. The Labute approximate surface area is 209 Å². The van der Waals surface area contributed by atoms with E-state index < -0.39 is 0 Å². The smallest absolute Gasteiger partial charge is 0.258 e. The van der Waals surface area contributed by atoms with Gasteiger partial charge in [0.25, 0.3) is 11.8 Å². The molecule has 8 nitrogen and oxygen atoms in total. The minimum absolute atomic E-state index is 0.00397. The van der Waals surface area contributed by atoms with Crippen LogP contribution >= 0.6 is 11.3 Å². The van der Waals surface area contributed by atoms with Crippen LogP contribution in [-0.4, -0.2) is 65.7 Å². The molecular weight excluding hydrogens is 464 g/mol. The number of fused-ring (bicyclic) bond motifs is 1. The van der Waals surface area contributed by atoms with Gasteiger partial charge in [-0.15, -0.1) is 11.3 Å². The summed E-state index contributed by atoms with van der Waals surface area (Å²) in [6, 6.07) is 12.0. The van der Waals surface area contributed by atoms with Gasteiger partial charge in [0.15, 0.2) is 5.75 Å². The largest absolute Gasteiger partial charge is 0.486 e. The summed E-state index contributed by atoms with van der Waals surface area (Å²) in [5.41, 5.74) is 2.21. The number of thiazole rings is 1. The number of carbonyl (C=O) groups excluding carboxylic acids is 2. The van der Waals surface area contributed by atoms with Crippen LogP contribution in [0.15, 0.2) is 54.0 Å². The third kappa shape index (κ3) is 5.37. The summed E-state index contributed by atoms with van der Waals surface area (Å²) in [6.45, 7) is 4.72. The van der Waals surface area contributed by atoms with Gasteiger partial charge in [-0.05, 0) is 38.2 Å². The van der Waals surface area contributed by atoms with Crippen LogP contribution in [0.3, 0.4) is 0 Å². The van der Waals surface area contributed by atoms with Gasteiger partial charge in [-0.3, -0.25) is 9.59 Å². The van der Waals surface area contributed by atoms with Crippen LogP contribution in [-0.2, 0) is 0 Å². The minimum Gasteiger partial charge on any atom is -0.486 e. The first-order valence-electron chi connectivity index (χ1n) is 11.6. The molecule has 0 saturated carbocycles. The van der Waals surface area contributed by atoms with Crippen molar-refractivity contribution in [2.45, 2.75) is 26.0 Å². The number of aliphatic hydroxyl groups excluding tert-OH is 1. The number of carbonyl (C=O) groups is 2. The number of aromatic nitrogens is 1. The molecule has 0 spiro atoms. The quantitative estimate of drug-likeness (QED) is 0.465. The van der Waals surface area contributed by atoms with Gasteiger partial charge in [-0.2, -0.15) is 0 Å². The summed E-state index contributed by atoms with van der Waals surface area (Å²) >= 11 is 1.54. The monoisotopic (exact) mass is 494 g/mol. The number of nitrogens with one attached hydrogen (secondary N) is 2. The summed E-state index contributed by atoms with van der Waals surface area (Å²) in [5.74, 6) is -0.205. The van der Waals surface area contributed by atoms with Crippen molar-refractivity contribution in [3.63, 3.8) is 0 Å². The number of hydrogen-bond acceptors (Lipinski definition) is 7. The number of anilines is 1. The van der Waals surface area contributed by atoms with Gasteiger partial charge < -0.3 is 25.4 Å². The highest BCUT2D eigenvalue weighted by Crippen LogP contribution is 2.35. The third-order valence-electron chi connectivity index (χ3n) is 6.17. The lowest BCUT2D eigenvalue weighted by Gasteiger charge is -2.37. The molecular formula is C26H30N4O4S. The van der Waals surface area contributed by atoms with E-state index in [4.69, 9.17) is 4.74 Å². The van der Waals surface area contributed by atoms with E-state index in [9.17, 15) is 14.7 Å². The fourth-order valence-corrected chi connectivity index (χ4v) is 4.76. The summed E-state index contributed by atoms with van der Waals surface area (Å²) in [5, 5.41) is 18.6. The van der Waals surface area contributed by atoms with Crippen LogP contribution in [0.25, 0.3) is 10.6 Å². The van der Waals surface area contributed by atoms with Crippen molar-refractivity contribution in [1.29, 1.82) is 0 Å². The van der Waals surface area contributed by atoms with Crippen molar-refractivity contribution in [2.24, 2.45) is 5.92 Å². The summed E-state index contributed by atoms with van der Waals surface area (Å²) in [6.07, 6.45) is 1.51. The number of benzene rings is 2. The number of nitrogens with zero attached hydrogens (tertiary/aromatic N) is 2. The molecule has 1 aliphatic heterocycles. The molecule has 35 heavy (non-hydrogen) atoms. The summed E-state index contributed by atoms with van der Waals surface area (Å²) in [7, 11) is 1.85. The van der Waals surface area contributed by atoms with Crippen molar-refractivity contribution in [3.05, 3.63) is 65.2 Å². The van der Waals surface area contributed by atoms with E-state index in [0.29, 0.717) is 35.7 Å². The molecule has 0 radical (unpaired) electrons. The Hall–Kier alpha value is -3.27. The van der Waals surface area contributed by atoms with Gasteiger partial charge in [0, 0.05) is 41.7 Å². The highest BCUT2D eigenvalue weighted by Gasteiger charge is 2.33. The van der Waals surface area contributed by atoms with Crippen LogP contribution in [0.2, 0.25) is 0 Å². The maximum absolute atomic E-state index is 13.5. The molecule has 0 unspecified atom stereocenters. The lowest BCUT2D eigenvalue weighted by molar-refractivity contribution is 0.0417. The number of hydrogen-bond donors (Lipinski definition) is 3. The molecule has 0 bridgehead atoms. The van der Waals surface area contributed by atoms with Crippen molar-refractivity contribution in [2.75, 3.05) is 32.1 Å². The lowest BCUT2D eigenvalue weighted by Crippen LogP contribution is -2.49. The van der Waals surface area contributed by atoms with Gasteiger partial charge in [0.1, 0.15) is 11.1 Å². The summed E-state index contributed by atoms with van der Waals surface area (Å²) in [4.78, 5) is 32.5. The van der Waals surface area contributed by atoms with E-state index in [1.807, 2.05) is 38.4 Å². The second-order valence-electron chi connectivity index (χ2n) is 8.73. The first-order valence-corrected chi connectivity index (χ1v) is 12.5. The zero-order valence-electron chi connectivity index (χ0n) is 20.0. The number of amides is 2. The Kier molecular flexibility index (Phi) is 7.80. The molecule has 9 heteroatoms. The molecule has 3 atom stereocenters. The molecule has 0 saturated heterocycles. The SMILES string of the molecule is CNC[C@@H]1Oc2c(NC(=O)c3ccc(-c4nccs4)cc3)cccc2C(=O)N([C@@H](C)CO)C[C@H]1C. The van der Waals surface area contributed by atoms with Crippen LogP contribution in [0.5, 0.6) is 5.75 Å². The molecule has 0 aliphatic carbocycles. The highest BCUT2D eigenvalue weighted by atomic mass is 32.1. The second kappa shape index (κ2) is 11.0. The van der Waals surface area contributed by atoms with Gasteiger partial charge >= 0.3 is 0 Å². The van der Waals surface area contributed by atoms with Crippen LogP contribution in [0.1, 0.15) is 34.6 Å². The van der Waals surface area contributed by atoms with E-state index in [1.165, 1.54) is 11.3 Å². The highest BCUT2D eigenvalue weighted by molar-refractivity contribution is 7.13. The van der Waals surface area contributed by atoms with Crippen molar-refractivity contribution >= 4 is 28.8 Å². The van der Waals surface area contributed by atoms with E-state index >= 15 is 0 Å². The average molecular weight is 495 g/mol. The fraction of sp³-hybridized carbons (Fsp3) is 0.346. The van der Waals surface area contributed by atoms with Crippen LogP contribution < -0.4 is 15.4 Å². The van der Waals surface area contributed by atoms with Crippen LogP contribution in [0, 0.1) is 5.92 Å². The Morgan fingerprint density at radius 1 is 1.29 bits per heavy atom. The molecule has 2 heterocycles. The maximum Gasteiger partial charge on any atom is 0.258 e. The topological polar surface area (TPSA) is 104 Å². The van der Waals surface area contributed by atoms with Gasteiger partial charge in [-0.1, -0.05) is 25.1 Å². The van der Waals surface area contributed by atoms with Gasteiger partial charge in [-0.25, -0.2) is 4.98 Å². The van der Waals surface area contributed by atoms with E-state index in [1.54, 1.807) is 41.4 Å². The predicted molar refractivity (Wildman–Crippen MR) is 137 cm³/mol. The van der Waals surface area contributed by atoms with Crippen molar-refractivity contribution in [3.8, 4) is 16.3 Å². The zero-order valence-corrected chi connectivity index (χ0v) is 20.8. The Morgan fingerprint density at radius 2 is 2.06 bits per heavy atom. The van der Waals surface area contributed by atoms with E-state index in [2.05, 4.69) is 15.6 Å². The van der Waals surface area contributed by atoms with Gasteiger partial charge in [0.2, 0.25) is 0 Å². The maximum atomic E-state index is 13.5. The molecule has 0 fully saturated rings. The van der Waals surface area contributed by atoms with Crippen molar-refractivity contribution < 1.29 is 19.4 Å². The number of aliphatic hydroxyl groups is 1. The minimum atomic E-state index is -0.347. The van der Waals surface area contributed by atoms with E-state index in [0.717, 1.165) is 10.6 Å². The number of likely N-dealkylation sites (N-methyl/N-ethyl adjacent to an activating group) is 1. The molecule has 4 rings (SSSR count).